The van der Waals surface area contributed by atoms with Gasteiger partial charge in [-0.1, -0.05) is 99.0 Å². The molecule has 0 aliphatic heterocycles. The minimum absolute atomic E-state index is 0.572. The average Bonchev–Trinajstić information content (AvgIpc) is 2.77. The number of rotatable bonds is 9. The van der Waals surface area contributed by atoms with Crippen molar-refractivity contribution in [1.29, 1.82) is 0 Å². The molecule has 0 aromatic heterocycles. The molecule has 0 heteroatoms. The molecular weight excluding hydrogens is 348 g/mol. The molecule has 0 spiro atoms. The fraction of sp³-hybridized carbons (Fsp3) is 0.724. The van der Waals surface area contributed by atoms with E-state index in [9.17, 15) is 0 Å². The van der Waals surface area contributed by atoms with Crippen molar-refractivity contribution in [1.82, 2.24) is 0 Å². The summed E-state index contributed by atoms with van der Waals surface area (Å²) in [4.78, 5) is 0. The Labute approximate surface area is 183 Å². The minimum atomic E-state index is 0.572. The number of hydrogen-bond acceptors (Lipinski definition) is 0. The molecule has 1 aliphatic rings. The lowest BCUT2D eigenvalue weighted by atomic mass is 9.73. The SMILES string of the molecule is C=C1CCC(C)C(C(C)C)=C(C(C)=CCCC)C1=C(C(C)CCC)C(C)C(C)C. The largest absolute Gasteiger partial charge is 0.0952 e. The van der Waals surface area contributed by atoms with E-state index in [2.05, 4.69) is 81.9 Å². The van der Waals surface area contributed by atoms with Crippen molar-refractivity contribution in [2.45, 2.75) is 108 Å². The first-order chi connectivity index (χ1) is 13.6. The Hall–Kier alpha value is -1.04. The van der Waals surface area contributed by atoms with Crippen LogP contribution in [0, 0.1) is 29.6 Å². The standard InChI is InChI=1S/C29H50/c1-12-14-16-22(8)28-26(20(5)6)23(9)17-18-24(10)29(28)27(21(7)15-13-2)25(11)19(3)4/h16,19-21,23,25H,10,12-15,17-18H2,1-9,11H3. The summed E-state index contributed by atoms with van der Waals surface area (Å²) in [5, 5.41) is 0. The Balaban J connectivity index is 4.00. The van der Waals surface area contributed by atoms with Crippen LogP contribution in [0.1, 0.15) is 108 Å². The van der Waals surface area contributed by atoms with Crippen LogP contribution >= 0.6 is 0 Å². The van der Waals surface area contributed by atoms with Gasteiger partial charge in [-0.05, 0) is 84.5 Å². The lowest BCUT2D eigenvalue weighted by molar-refractivity contribution is 0.419. The van der Waals surface area contributed by atoms with Gasteiger partial charge >= 0.3 is 0 Å². The molecule has 0 saturated carbocycles. The third-order valence-corrected chi connectivity index (χ3v) is 7.09. The zero-order valence-corrected chi connectivity index (χ0v) is 21.4. The van der Waals surface area contributed by atoms with Crippen molar-refractivity contribution in [2.75, 3.05) is 0 Å². The van der Waals surface area contributed by atoms with E-state index in [1.807, 2.05) is 0 Å². The molecule has 0 bridgehead atoms. The van der Waals surface area contributed by atoms with Gasteiger partial charge in [-0.2, -0.15) is 0 Å². The van der Waals surface area contributed by atoms with Crippen LogP contribution in [0.15, 0.2) is 46.1 Å². The average molecular weight is 399 g/mol. The van der Waals surface area contributed by atoms with Crippen molar-refractivity contribution in [2.24, 2.45) is 29.6 Å². The quantitative estimate of drug-likeness (QED) is 0.362. The second-order valence-corrected chi connectivity index (χ2v) is 10.3. The first-order valence-electron chi connectivity index (χ1n) is 12.4. The highest BCUT2D eigenvalue weighted by atomic mass is 14.4. The van der Waals surface area contributed by atoms with Crippen molar-refractivity contribution in [3.8, 4) is 0 Å². The van der Waals surface area contributed by atoms with Crippen LogP contribution in [0.5, 0.6) is 0 Å². The van der Waals surface area contributed by atoms with Gasteiger partial charge in [-0.25, -0.2) is 0 Å². The smallest absolute Gasteiger partial charge is 0.0158 e. The van der Waals surface area contributed by atoms with Gasteiger partial charge in [-0.15, -0.1) is 0 Å². The van der Waals surface area contributed by atoms with Gasteiger partial charge in [0, 0.05) is 0 Å². The molecular formula is C29H50. The molecule has 0 radical (unpaired) electrons. The second-order valence-electron chi connectivity index (χ2n) is 10.3. The molecule has 29 heavy (non-hydrogen) atoms. The van der Waals surface area contributed by atoms with Gasteiger partial charge in [-0.3, -0.25) is 0 Å². The van der Waals surface area contributed by atoms with Crippen molar-refractivity contribution < 1.29 is 0 Å². The van der Waals surface area contributed by atoms with Gasteiger partial charge in [0.25, 0.3) is 0 Å². The molecule has 0 N–H and O–H groups in total. The number of hydrogen-bond donors (Lipinski definition) is 0. The van der Waals surface area contributed by atoms with E-state index < -0.39 is 0 Å². The predicted octanol–water partition coefficient (Wildman–Crippen LogP) is 9.70. The molecule has 0 heterocycles. The zero-order chi connectivity index (χ0) is 22.3. The summed E-state index contributed by atoms with van der Waals surface area (Å²) in [7, 11) is 0. The van der Waals surface area contributed by atoms with Gasteiger partial charge in [0.15, 0.2) is 0 Å². The Morgan fingerprint density at radius 1 is 1.07 bits per heavy atom. The third kappa shape index (κ3) is 6.47. The first-order valence-corrected chi connectivity index (χ1v) is 12.4. The van der Waals surface area contributed by atoms with E-state index in [-0.39, 0.29) is 0 Å². The van der Waals surface area contributed by atoms with Crippen molar-refractivity contribution >= 4 is 0 Å². The Morgan fingerprint density at radius 3 is 2.17 bits per heavy atom. The zero-order valence-electron chi connectivity index (χ0n) is 21.4. The number of unbranched alkanes of at least 4 members (excludes halogenated alkanes) is 1. The summed E-state index contributed by atoms with van der Waals surface area (Å²) in [5.41, 5.74) is 9.33. The summed E-state index contributed by atoms with van der Waals surface area (Å²) in [5.74, 6) is 3.04. The first kappa shape index (κ1) is 26.0. The highest BCUT2D eigenvalue weighted by Crippen LogP contribution is 2.46. The Bertz CT molecular complexity index is 635. The van der Waals surface area contributed by atoms with Crippen LogP contribution < -0.4 is 0 Å². The Kier molecular flexibility index (Phi) is 10.7. The minimum Gasteiger partial charge on any atom is -0.0952 e. The topological polar surface area (TPSA) is 0 Å². The molecule has 0 aromatic carbocycles. The summed E-state index contributed by atoms with van der Waals surface area (Å²) in [6.45, 7) is 28.6. The highest BCUT2D eigenvalue weighted by molar-refractivity contribution is 5.61. The summed E-state index contributed by atoms with van der Waals surface area (Å²) < 4.78 is 0. The molecule has 3 atom stereocenters. The van der Waals surface area contributed by atoms with Crippen LogP contribution in [0.2, 0.25) is 0 Å². The number of allylic oxidation sites excluding steroid dienone is 7. The van der Waals surface area contributed by atoms with Crippen LogP contribution in [-0.4, -0.2) is 0 Å². The van der Waals surface area contributed by atoms with Gasteiger partial charge in [0.2, 0.25) is 0 Å². The van der Waals surface area contributed by atoms with Crippen LogP contribution in [0.4, 0.5) is 0 Å². The van der Waals surface area contributed by atoms with Crippen LogP contribution in [0.25, 0.3) is 0 Å². The van der Waals surface area contributed by atoms with Gasteiger partial charge < -0.3 is 0 Å². The molecule has 0 nitrogen and oxygen atoms in total. The summed E-state index contributed by atoms with van der Waals surface area (Å²) in [6.07, 6.45) is 9.72. The normalized spacial score (nSPS) is 23.0. The molecule has 3 unspecified atom stereocenters. The third-order valence-electron chi connectivity index (χ3n) is 7.09. The lowest BCUT2D eigenvalue weighted by Crippen LogP contribution is -2.19. The van der Waals surface area contributed by atoms with E-state index in [0.29, 0.717) is 29.6 Å². The predicted molar refractivity (Wildman–Crippen MR) is 133 cm³/mol. The maximum absolute atomic E-state index is 4.68. The molecule has 1 aliphatic carbocycles. The second kappa shape index (κ2) is 12.0. The molecule has 0 aromatic rings. The maximum atomic E-state index is 4.68. The fourth-order valence-corrected chi connectivity index (χ4v) is 5.20. The van der Waals surface area contributed by atoms with Crippen LogP contribution in [-0.2, 0) is 0 Å². The molecule has 0 saturated heterocycles. The lowest BCUT2D eigenvalue weighted by Gasteiger charge is -2.32. The van der Waals surface area contributed by atoms with Gasteiger partial charge in [0.1, 0.15) is 0 Å². The maximum Gasteiger partial charge on any atom is -0.0158 e. The monoisotopic (exact) mass is 398 g/mol. The van der Waals surface area contributed by atoms with E-state index in [1.54, 1.807) is 22.3 Å². The Morgan fingerprint density at radius 2 is 1.69 bits per heavy atom. The molecule has 0 amide bonds. The van der Waals surface area contributed by atoms with Crippen LogP contribution in [0.3, 0.4) is 0 Å². The fourth-order valence-electron chi connectivity index (χ4n) is 5.20. The summed E-state index contributed by atoms with van der Waals surface area (Å²) >= 11 is 0. The van der Waals surface area contributed by atoms with E-state index in [0.717, 1.165) is 12.8 Å². The molecule has 0 fully saturated rings. The summed E-state index contributed by atoms with van der Waals surface area (Å²) in [6, 6.07) is 0. The van der Waals surface area contributed by atoms with E-state index in [4.69, 9.17) is 0 Å². The van der Waals surface area contributed by atoms with Crippen molar-refractivity contribution in [3.05, 3.63) is 46.1 Å². The van der Waals surface area contributed by atoms with Crippen molar-refractivity contribution in [3.63, 3.8) is 0 Å². The van der Waals surface area contributed by atoms with E-state index in [1.165, 1.54) is 36.8 Å². The van der Waals surface area contributed by atoms with Gasteiger partial charge in [0.05, 0.1) is 0 Å². The molecule has 166 valence electrons. The molecule has 1 rings (SSSR count). The highest BCUT2D eigenvalue weighted by Gasteiger charge is 2.31. The van der Waals surface area contributed by atoms with E-state index >= 15 is 0 Å².